The number of nitrogens with zero attached hydrogens (tertiary/aromatic N) is 2. The van der Waals surface area contributed by atoms with Gasteiger partial charge in [0.15, 0.2) is 0 Å². The molecule has 4 aliphatic rings. The Labute approximate surface area is 217 Å². The molecule has 2 aromatic rings. The van der Waals surface area contributed by atoms with Crippen LogP contribution in [0.25, 0.3) is 29.6 Å². The Morgan fingerprint density at radius 2 is 1.39 bits per heavy atom. The van der Waals surface area contributed by atoms with E-state index >= 15 is 0 Å². The quantitative estimate of drug-likeness (QED) is 0.581. The van der Waals surface area contributed by atoms with E-state index in [0.29, 0.717) is 0 Å². The van der Waals surface area contributed by atoms with Crippen LogP contribution in [-0.2, 0) is 0 Å². The molecule has 0 atom stereocenters. The van der Waals surface area contributed by atoms with Crippen LogP contribution in [0.1, 0.15) is 46.1 Å². The number of allylic oxidation sites excluding steroid dienone is 8. The van der Waals surface area contributed by atoms with Crippen molar-refractivity contribution < 1.29 is 5.11 Å². The van der Waals surface area contributed by atoms with Crippen LogP contribution in [0.3, 0.4) is 0 Å². The van der Waals surface area contributed by atoms with E-state index in [9.17, 15) is 5.11 Å². The van der Waals surface area contributed by atoms with Gasteiger partial charge in [0.2, 0.25) is 0 Å². The number of hydrogen-bond donors (Lipinski definition) is 1. The van der Waals surface area contributed by atoms with Crippen LogP contribution in [0.15, 0.2) is 92.2 Å². The molecular weight excluding hydrogens is 507 g/mol. The van der Waals surface area contributed by atoms with Crippen molar-refractivity contribution in [1.82, 2.24) is 0 Å². The van der Waals surface area contributed by atoms with E-state index in [1.807, 2.05) is 6.07 Å². The third-order valence-electron chi connectivity index (χ3n) is 7.40. The van der Waals surface area contributed by atoms with Gasteiger partial charge in [-0.3, -0.25) is 0 Å². The number of aliphatic imine (C=N–C) groups is 2. The van der Waals surface area contributed by atoms with Gasteiger partial charge in [-0.1, -0.05) is 0 Å². The average molecular weight is 536 g/mol. The van der Waals surface area contributed by atoms with Crippen molar-refractivity contribution in [1.29, 1.82) is 0 Å². The molecule has 1 aromatic carbocycles. The molecule has 3 aliphatic heterocycles. The predicted octanol–water partition coefficient (Wildman–Crippen LogP) is 3.99. The minimum absolute atomic E-state index is 0.240. The van der Waals surface area contributed by atoms with Crippen LogP contribution in [-0.4, -0.2) is 31.0 Å². The van der Waals surface area contributed by atoms with E-state index < -0.39 is 0 Å². The first kappa shape index (κ1) is 23.0. The second-order valence-corrected chi connectivity index (χ2v) is 11.9. The van der Waals surface area contributed by atoms with Crippen LogP contribution in [0, 0.1) is 0 Å². The van der Waals surface area contributed by atoms with Gasteiger partial charge in [-0.15, -0.1) is 0 Å². The molecule has 0 fully saturated rings. The Morgan fingerprint density at radius 3 is 1.97 bits per heavy atom. The van der Waals surface area contributed by atoms with E-state index in [-0.39, 0.29) is 14.5 Å². The summed E-state index contributed by atoms with van der Waals surface area (Å²) in [6, 6.07) is 10.6. The molecule has 1 aromatic heterocycles. The van der Waals surface area contributed by atoms with Gasteiger partial charge in [0.05, 0.1) is 0 Å². The topological polar surface area (TPSA) is 45.0 Å². The minimum atomic E-state index is 0.240. The van der Waals surface area contributed by atoms with E-state index in [2.05, 4.69) is 82.3 Å². The summed E-state index contributed by atoms with van der Waals surface area (Å²) in [5, 5.41) is 11.7. The van der Waals surface area contributed by atoms with Crippen LogP contribution in [0.4, 0.5) is 0 Å². The normalized spacial score (nSPS) is 18.9. The molecular formula is C32H28N2OSe. The molecule has 0 saturated heterocycles. The molecule has 3 nitrogen and oxygen atoms in total. The molecule has 0 radical (unpaired) electrons. The summed E-state index contributed by atoms with van der Waals surface area (Å²) in [5.74, 6) is 0. The summed E-state index contributed by atoms with van der Waals surface area (Å²) in [6.45, 7) is 8.80. The molecule has 178 valence electrons. The summed E-state index contributed by atoms with van der Waals surface area (Å²) in [5.41, 5.74) is 12.7. The zero-order chi connectivity index (χ0) is 25.0. The molecule has 0 unspecified atom stereocenters. The molecule has 4 heterocycles. The van der Waals surface area contributed by atoms with Crippen molar-refractivity contribution in [2.24, 2.45) is 9.98 Å². The van der Waals surface area contributed by atoms with Gasteiger partial charge in [-0.25, -0.2) is 0 Å². The van der Waals surface area contributed by atoms with Gasteiger partial charge < -0.3 is 0 Å². The zero-order valence-corrected chi connectivity index (χ0v) is 22.7. The van der Waals surface area contributed by atoms with Crippen molar-refractivity contribution in [3.63, 3.8) is 0 Å². The SMILES string of the molecule is CCC1=C(C)C2=NC1=CC1=CC(=c3cc/c(=C\O)cc31)C=C1N=C(C=c3ccc([se]3)=C2)C(C)=C1CC. The fourth-order valence-electron chi connectivity index (χ4n) is 5.45. The van der Waals surface area contributed by atoms with E-state index in [1.54, 1.807) is 0 Å². The third-order valence-corrected chi connectivity index (χ3v) is 9.45. The maximum atomic E-state index is 9.71. The van der Waals surface area contributed by atoms with Gasteiger partial charge in [0.25, 0.3) is 0 Å². The molecule has 1 aliphatic carbocycles. The predicted molar refractivity (Wildman–Crippen MR) is 153 cm³/mol. The Hall–Kier alpha value is -3.46. The van der Waals surface area contributed by atoms with Gasteiger partial charge in [-0.2, -0.15) is 0 Å². The van der Waals surface area contributed by atoms with Crippen molar-refractivity contribution in [3.8, 4) is 0 Å². The molecule has 8 bridgehead atoms. The number of fused-ring (bicyclic) bond motifs is 7. The van der Waals surface area contributed by atoms with Crippen LogP contribution in [0.2, 0.25) is 0 Å². The first-order valence-corrected chi connectivity index (χ1v) is 14.2. The van der Waals surface area contributed by atoms with Crippen molar-refractivity contribution in [2.45, 2.75) is 40.5 Å². The molecule has 36 heavy (non-hydrogen) atoms. The summed E-state index contributed by atoms with van der Waals surface area (Å²) < 4.78 is 2.68. The molecule has 1 N–H and O–H groups in total. The van der Waals surface area contributed by atoms with Crippen LogP contribution >= 0.6 is 0 Å². The number of hydrogen-bond acceptors (Lipinski definition) is 3. The first-order valence-electron chi connectivity index (χ1n) is 12.5. The fraction of sp³-hybridized carbons (Fsp3) is 0.188. The second-order valence-electron chi connectivity index (χ2n) is 9.49. The summed E-state index contributed by atoms with van der Waals surface area (Å²) >= 11 is 0.240. The summed E-state index contributed by atoms with van der Waals surface area (Å²) in [7, 11) is 0. The van der Waals surface area contributed by atoms with Gasteiger partial charge >= 0.3 is 218 Å². The maximum absolute atomic E-state index is 9.71. The number of aliphatic hydroxyl groups excluding tert-OH is 1. The average Bonchev–Trinajstić information content (AvgIpc) is 3.61. The van der Waals surface area contributed by atoms with Gasteiger partial charge in [-0.05, 0) is 0 Å². The molecule has 0 amide bonds. The molecule has 0 saturated carbocycles. The number of aliphatic hydroxyl groups is 1. The monoisotopic (exact) mass is 536 g/mol. The number of rotatable bonds is 2. The first-order chi connectivity index (χ1) is 17.5. The van der Waals surface area contributed by atoms with Crippen molar-refractivity contribution in [3.05, 3.63) is 106 Å². The van der Waals surface area contributed by atoms with E-state index in [4.69, 9.17) is 9.98 Å². The zero-order valence-electron chi connectivity index (χ0n) is 21.0. The second kappa shape index (κ2) is 8.88. The molecule has 4 heteroatoms. The summed E-state index contributed by atoms with van der Waals surface area (Å²) in [4.78, 5) is 10.2. The Morgan fingerprint density at radius 1 is 0.778 bits per heavy atom. The van der Waals surface area contributed by atoms with Crippen molar-refractivity contribution >= 4 is 55.5 Å². The van der Waals surface area contributed by atoms with Gasteiger partial charge in [0, 0.05) is 0 Å². The van der Waals surface area contributed by atoms with Crippen molar-refractivity contribution in [2.75, 3.05) is 0 Å². The third kappa shape index (κ3) is 3.73. The standard InChI is InChI=1S/C32H28N2OSe/c1-5-25-18(3)29-15-23-8-9-24(36-23)16-30-19(4)26(6-2)32(34-30)14-22-12-21(13-31(25)33-29)27-10-7-20(17-35)11-28(22)27/h7-17,35H,5-6H2,1-4H3/b20-17+,23-15?,24-16?,31-13?,32-14?. The molecule has 6 rings (SSSR count). The Balaban J connectivity index is 1.69. The Kier molecular flexibility index (Phi) is 5.67. The van der Waals surface area contributed by atoms with E-state index in [1.165, 1.54) is 36.7 Å². The van der Waals surface area contributed by atoms with Crippen LogP contribution < -0.4 is 18.6 Å². The summed E-state index contributed by atoms with van der Waals surface area (Å²) in [6.07, 6.45) is 14.3. The fourth-order valence-corrected chi connectivity index (χ4v) is 7.31. The Bertz CT molecular complexity index is 1810. The molecule has 0 spiro atoms. The van der Waals surface area contributed by atoms with E-state index in [0.717, 1.165) is 62.8 Å². The number of benzene rings is 1. The van der Waals surface area contributed by atoms with Gasteiger partial charge in [0.1, 0.15) is 0 Å². The van der Waals surface area contributed by atoms with Crippen LogP contribution in [0.5, 0.6) is 0 Å².